The minimum atomic E-state index is -3.59. The molecule has 0 saturated carbocycles. The molecule has 9 heteroatoms. The van der Waals surface area contributed by atoms with Crippen LogP contribution in [0.2, 0.25) is 0 Å². The number of sulfonamides is 1. The van der Waals surface area contributed by atoms with E-state index in [0.717, 1.165) is 38.5 Å². The number of amides is 1. The predicted octanol–water partition coefficient (Wildman–Crippen LogP) is 1.75. The Morgan fingerprint density at radius 1 is 1.19 bits per heavy atom. The highest BCUT2D eigenvalue weighted by molar-refractivity contribution is 7.89. The third-order valence-corrected chi connectivity index (χ3v) is 7.20. The lowest BCUT2D eigenvalue weighted by Gasteiger charge is -2.35. The lowest BCUT2D eigenvalue weighted by molar-refractivity contribution is -0.138. The second-order valence-corrected chi connectivity index (χ2v) is 9.02. The Kier molecular flexibility index (Phi) is 6.21. The molecule has 1 unspecified atom stereocenters. The number of hydrogen-bond donors (Lipinski definition) is 1. The summed E-state index contributed by atoms with van der Waals surface area (Å²) in [6.45, 7) is 3.40. The number of H-pyrrole nitrogens is 1. The number of nitrogens with zero attached hydrogens (tertiary/aromatic N) is 2. The van der Waals surface area contributed by atoms with Crippen LogP contribution in [-0.2, 0) is 19.6 Å². The Bertz CT molecular complexity index is 783. The van der Waals surface area contributed by atoms with E-state index in [1.54, 1.807) is 4.90 Å². The minimum absolute atomic E-state index is 0.0336. The molecular weight excluding hydrogens is 370 g/mol. The Morgan fingerprint density at radius 3 is 2.59 bits per heavy atom. The van der Waals surface area contributed by atoms with Gasteiger partial charge in [0.1, 0.15) is 10.6 Å². The van der Waals surface area contributed by atoms with Crippen molar-refractivity contribution in [1.82, 2.24) is 14.2 Å². The van der Waals surface area contributed by atoms with Gasteiger partial charge in [-0.1, -0.05) is 6.92 Å². The molecule has 2 aliphatic heterocycles. The molecule has 1 aromatic heterocycles. The smallest absolute Gasteiger partial charge is 0.355 e. The van der Waals surface area contributed by atoms with Crippen LogP contribution in [0.1, 0.15) is 55.9 Å². The third-order valence-electron chi connectivity index (χ3n) is 5.32. The summed E-state index contributed by atoms with van der Waals surface area (Å²) in [7, 11) is -3.59. The molecule has 150 valence electrons. The average molecular weight is 397 g/mol. The second-order valence-electron chi connectivity index (χ2n) is 7.08. The van der Waals surface area contributed by atoms with Crippen molar-refractivity contribution in [3.05, 3.63) is 18.0 Å². The zero-order valence-corrected chi connectivity index (χ0v) is 16.5. The monoisotopic (exact) mass is 397 g/mol. The van der Waals surface area contributed by atoms with Gasteiger partial charge in [-0.15, -0.1) is 0 Å². The van der Waals surface area contributed by atoms with E-state index in [-0.39, 0.29) is 29.1 Å². The van der Waals surface area contributed by atoms with E-state index in [4.69, 9.17) is 4.74 Å². The SMILES string of the molecule is CCC1CCCCN1C(=O)COC(=O)c1cc(S(=O)(=O)N2CCCC2)c[nH]1. The zero-order valence-electron chi connectivity index (χ0n) is 15.6. The molecule has 1 aromatic rings. The summed E-state index contributed by atoms with van der Waals surface area (Å²) in [6.07, 6.45) is 6.91. The summed E-state index contributed by atoms with van der Waals surface area (Å²) >= 11 is 0. The fourth-order valence-electron chi connectivity index (χ4n) is 3.76. The first kappa shape index (κ1) is 19.9. The van der Waals surface area contributed by atoms with E-state index in [1.165, 1.54) is 16.6 Å². The molecule has 2 saturated heterocycles. The number of esters is 1. The minimum Gasteiger partial charge on any atom is -0.451 e. The number of likely N-dealkylation sites (tertiary alicyclic amines) is 1. The first-order valence-corrected chi connectivity index (χ1v) is 11.0. The van der Waals surface area contributed by atoms with E-state index in [9.17, 15) is 18.0 Å². The van der Waals surface area contributed by atoms with Crippen LogP contribution >= 0.6 is 0 Å². The maximum absolute atomic E-state index is 12.5. The van der Waals surface area contributed by atoms with Crippen molar-refractivity contribution >= 4 is 21.9 Å². The number of rotatable bonds is 6. The van der Waals surface area contributed by atoms with Crippen molar-refractivity contribution in [1.29, 1.82) is 0 Å². The molecule has 2 aliphatic rings. The average Bonchev–Trinajstić information content (AvgIpc) is 3.38. The van der Waals surface area contributed by atoms with Crippen LogP contribution in [0.15, 0.2) is 17.2 Å². The van der Waals surface area contributed by atoms with E-state index < -0.39 is 16.0 Å². The lowest BCUT2D eigenvalue weighted by atomic mass is 10.00. The van der Waals surface area contributed by atoms with Gasteiger partial charge in [0.15, 0.2) is 6.61 Å². The summed E-state index contributed by atoms with van der Waals surface area (Å²) in [5.74, 6) is -0.928. The van der Waals surface area contributed by atoms with E-state index >= 15 is 0 Å². The molecule has 8 nitrogen and oxygen atoms in total. The topological polar surface area (TPSA) is 99.8 Å². The molecule has 0 aliphatic carbocycles. The van der Waals surface area contributed by atoms with Gasteiger partial charge in [0.25, 0.3) is 5.91 Å². The molecule has 3 heterocycles. The molecule has 2 fully saturated rings. The molecule has 27 heavy (non-hydrogen) atoms. The van der Waals surface area contributed by atoms with E-state index in [2.05, 4.69) is 4.98 Å². The van der Waals surface area contributed by atoms with Crippen molar-refractivity contribution in [2.75, 3.05) is 26.2 Å². The molecule has 3 rings (SSSR count). The normalized spacial score (nSPS) is 21.4. The van der Waals surface area contributed by atoms with Crippen LogP contribution in [0.5, 0.6) is 0 Å². The Hall–Kier alpha value is -1.87. The summed E-state index contributed by atoms with van der Waals surface area (Å²) < 4.78 is 31.5. The second kappa shape index (κ2) is 8.43. The van der Waals surface area contributed by atoms with Gasteiger partial charge < -0.3 is 14.6 Å². The number of carbonyl (C=O) groups is 2. The van der Waals surface area contributed by atoms with Gasteiger partial charge in [-0.25, -0.2) is 13.2 Å². The highest BCUT2D eigenvalue weighted by Crippen LogP contribution is 2.22. The van der Waals surface area contributed by atoms with Gasteiger partial charge in [0.05, 0.1) is 0 Å². The molecule has 1 atom stereocenters. The molecule has 1 N–H and O–H groups in total. The van der Waals surface area contributed by atoms with Crippen LogP contribution in [-0.4, -0.2) is 66.8 Å². The summed E-state index contributed by atoms with van der Waals surface area (Å²) in [5, 5.41) is 0. The van der Waals surface area contributed by atoms with Gasteiger partial charge in [-0.2, -0.15) is 4.31 Å². The Balaban J connectivity index is 1.59. The summed E-state index contributed by atoms with van der Waals surface area (Å²) in [4.78, 5) is 29.1. The standard InChI is InChI=1S/C18H27N3O5S/c1-2-14-7-3-4-10-21(14)17(22)13-26-18(23)16-11-15(12-19-16)27(24,25)20-8-5-6-9-20/h11-12,14,19H,2-10,13H2,1H3. The Morgan fingerprint density at radius 2 is 1.89 bits per heavy atom. The van der Waals surface area contributed by atoms with Gasteiger partial charge in [0.2, 0.25) is 10.0 Å². The van der Waals surface area contributed by atoms with E-state index in [1.807, 2.05) is 6.92 Å². The largest absolute Gasteiger partial charge is 0.451 e. The molecule has 0 aromatic carbocycles. The number of aromatic amines is 1. The molecule has 0 bridgehead atoms. The number of aromatic nitrogens is 1. The first-order valence-electron chi connectivity index (χ1n) is 9.58. The number of hydrogen-bond acceptors (Lipinski definition) is 5. The van der Waals surface area contributed by atoms with Crippen LogP contribution < -0.4 is 0 Å². The van der Waals surface area contributed by atoms with Crippen molar-refractivity contribution in [2.24, 2.45) is 0 Å². The molecule has 0 spiro atoms. The highest BCUT2D eigenvalue weighted by Gasteiger charge is 2.29. The predicted molar refractivity (Wildman–Crippen MR) is 98.7 cm³/mol. The van der Waals surface area contributed by atoms with Crippen LogP contribution in [0.25, 0.3) is 0 Å². The first-order chi connectivity index (χ1) is 12.9. The number of nitrogens with one attached hydrogen (secondary N) is 1. The number of ether oxygens (including phenoxy) is 1. The van der Waals surface area contributed by atoms with Gasteiger partial charge in [-0.05, 0) is 44.6 Å². The van der Waals surface area contributed by atoms with Gasteiger partial charge >= 0.3 is 5.97 Å². The summed E-state index contributed by atoms with van der Waals surface area (Å²) in [5.41, 5.74) is 0.0336. The summed E-state index contributed by atoms with van der Waals surface area (Å²) in [6, 6.07) is 1.48. The molecule has 1 amide bonds. The maximum Gasteiger partial charge on any atom is 0.355 e. The lowest BCUT2D eigenvalue weighted by Crippen LogP contribution is -2.45. The van der Waals surface area contributed by atoms with Crippen molar-refractivity contribution in [3.63, 3.8) is 0 Å². The van der Waals surface area contributed by atoms with Crippen LogP contribution in [0.4, 0.5) is 0 Å². The van der Waals surface area contributed by atoms with E-state index in [0.29, 0.717) is 19.6 Å². The molecule has 0 radical (unpaired) electrons. The van der Waals surface area contributed by atoms with Crippen molar-refractivity contribution in [3.8, 4) is 0 Å². The van der Waals surface area contributed by atoms with Crippen LogP contribution in [0.3, 0.4) is 0 Å². The third kappa shape index (κ3) is 4.35. The fourth-order valence-corrected chi connectivity index (χ4v) is 5.27. The van der Waals surface area contributed by atoms with Gasteiger partial charge in [-0.3, -0.25) is 4.79 Å². The van der Waals surface area contributed by atoms with Crippen molar-refractivity contribution < 1.29 is 22.7 Å². The quantitative estimate of drug-likeness (QED) is 0.737. The van der Waals surface area contributed by atoms with Gasteiger partial charge in [0, 0.05) is 31.9 Å². The highest BCUT2D eigenvalue weighted by atomic mass is 32.2. The fraction of sp³-hybridized carbons (Fsp3) is 0.667. The van der Waals surface area contributed by atoms with Crippen LogP contribution in [0, 0.1) is 0 Å². The number of piperidine rings is 1. The van der Waals surface area contributed by atoms with Crippen molar-refractivity contribution in [2.45, 2.75) is 56.4 Å². The Labute approximate surface area is 159 Å². The molecular formula is C18H27N3O5S. The zero-order chi connectivity index (χ0) is 19.4. The number of carbonyl (C=O) groups excluding carboxylic acids is 2. The maximum atomic E-state index is 12.5.